The maximum Gasteiger partial charge on any atom is 0.523 e. The van der Waals surface area contributed by atoms with E-state index < -0.39 is 30.6 Å². The van der Waals surface area contributed by atoms with Crippen molar-refractivity contribution < 1.29 is 30.2 Å². The lowest BCUT2D eigenvalue weighted by Gasteiger charge is -2.43. The molecule has 0 saturated heterocycles. The molecule has 0 unspecified atom stereocenters. The van der Waals surface area contributed by atoms with Gasteiger partial charge >= 0.3 is 15.6 Å². The van der Waals surface area contributed by atoms with Crippen molar-refractivity contribution in [3.8, 4) is 0 Å². The zero-order chi connectivity index (χ0) is 21.1. The molecule has 0 aliphatic rings. The molecule has 0 saturated carbocycles. The van der Waals surface area contributed by atoms with Gasteiger partial charge in [-0.25, -0.2) is 0 Å². The molecule has 2 aromatic carbocycles. The van der Waals surface area contributed by atoms with Crippen LogP contribution < -0.4 is 10.4 Å². The molecule has 0 N–H and O–H groups in total. The van der Waals surface area contributed by atoms with E-state index in [2.05, 4.69) is 4.18 Å². The van der Waals surface area contributed by atoms with Gasteiger partial charge in [0, 0.05) is 0 Å². The third-order valence-electron chi connectivity index (χ3n) is 4.34. The molecular formula is C19H23F3O4SSi. The third-order valence-corrected chi connectivity index (χ3v) is 10.4. The molecule has 0 atom stereocenters. The van der Waals surface area contributed by atoms with Gasteiger partial charge in [-0.3, -0.25) is 4.18 Å². The van der Waals surface area contributed by atoms with Crippen LogP contribution in [0.15, 0.2) is 60.7 Å². The number of alkyl halides is 3. The average molecular weight is 433 g/mol. The van der Waals surface area contributed by atoms with E-state index in [4.69, 9.17) is 4.43 Å². The van der Waals surface area contributed by atoms with E-state index >= 15 is 0 Å². The number of hydrogen-bond acceptors (Lipinski definition) is 4. The van der Waals surface area contributed by atoms with Crippen molar-refractivity contribution in [3.63, 3.8) is 0 Å². The van der Waals surface area contributed by atoms with Gasteiger partial charge in [-0.2, -0.15) is 21.6 Å². The molecule has 0 radical (unpaired) electrons. The minimum atomic E-state index is -5.64. The Morgan fingerprint density at radius 1 is 0.821 bits per heavy atom. The molecule has 4 nitrogen and oxygen atoms in total. The molecule has 0 aliphatic heterocycles. The summed E-state index contributed by atoms with van der Waals surface area (Å²) in [6, 6.07) is 19.0. The van der Waals surface area contributed by atoms with Crippen LogP contribution in [0, 0.1) is 0 Å². The fourth-order valence-corrected chi connectivity index (χ4v) is 8.13. The molecule has 0 aromatic heterocycles. The highest BCUT2D eigenvalue weighted by Crippen LogP contribution is 2.36. The van der Waals surface area contributed by atoms with E-state index in [1.54, 1.807) is 0 Å². The van der Waals surface area contributed by atoms with Crippen LogP contribution in [0.3, 0.4) is 0 Å². The predicted molar refractivity (Wildman–Crippen MR) is 104 cm³/mol. The first-order valence-electron chi connectivity index (χ1n) is 8.62. The normalized spacial score (nSPS) is 13.5. The zero-order valence-corrected chi connectivity index (χ0v) is 17.7. The highest BCUT2D eigenvalue weighted by Gasteiger charge is 2.50. The SMILES string of the molecule is CC(C)(C)[Si](OCCOS(=O)(=O)C(F)(F)F)(c1ccccc1)c1ccccc1. The summed E-state index contributed by atoms with van der Waals surface area (Å²) >= 11 is 0. The van der Waals surface area contributed by atoms with Crippen molar-refractivity contribution in [2.45, 2.75) is 31.3 Å². The number of hydrogen-bond donors (Lipinski definition) is 0. The predicted octanol–water partition coefficient (Wildman–Crippen LogP) is 3.43. The summed E-state index contributed by atoms with van der Waals surface area (Å²) in [5, 5.41) is 1.50. The highest BCUT2D eigenvalue weighted by atomic mass is 32.2. The first-order chi connectivity index (χ1) is 12.9. The smallest absolute Gasteiger partial charge is 0.405 e. The third kappa shape index (κ3) is 4.65. The summed E-state index contributed by atoms with van der Waals surface area (Å²) in [6.45, 7) is 5.01. The van der Waals surface area contributed by atoms with Gasteiger partial charge in [0.05, 0.1) is 13.2 Å². The van der Waals surface area contributed by atoms with Crippen LogP contribution in [0.5, 0.6) is 0 Å². The monoisotopic (exact) mass is 432 g/mol. The molecule has 2 aromatic rings. The maximum atomic E-state index is 12.5. The van der Waals surface area contributed by atoms with Gasteiger partial charge in [-0.15, -0.1) is 0 Å². The first-order valence-corrected chi connectivity index (χ1v) is 11.9. The second kappa shape index (κ2) is 8.36. The quantitative estimate of drug-likeness (QED) is 0.291. The highest BCUT2D eigenvalue weighted by molar-refractivity contribution is 7.87. The molecule has 9 heteroatoms. The molecule has 0 aliphatic carbocycles. The Bertz CT molecular complexity index is 824. The topological polar surface area (TPSA) is 52.6 Å². The largest absolute Gasteiger partial charge is 0.523 e. The van der Waals surface area contributed by atoms with E-state index in [1.165, 1.54) is 0 Å². The molecule has 154 valence electrons. The summed E-state index contributed by atoms with van der Waals surface area (Å²) in [5.74, 6) is 0. The van der Waals surface area contributed by atoms with E-state index in [-0.39, 0.29) is 11.6 Å². The standard InChI is InChI=1S/C19H23F3O4SSi/c1-18(2,3)28(16-10-6-4-7-11-16,17-12-8-5-9-13-17)26-15-14-25-27(23,24)19(20,21)22/h4-13H,14-15H2,1-3H3. The van der Waals surface area contributed by atoms with Gasteiger partial charge in [-0.1, -0.05) is 81.4 Å². The molecule has 0 fully saturated rings. The molecule has 0 amide bonds. The molecule has 2 rings (SSSR count). The molecule has 0 spiro atoms. The maximum absolute atomic E-state index is 12.5. The Morgan fingerprint density at radius 2 is 1.25 bits per heavy atom. The number of benzene rings is 2. The van der Waals surface area contributed by atoms with Crippen LogP contribution >= 0.6 is 0 Å². The Labute approximate surface area is 164 Å². The van der Waals surface area contributed by atoms with E-state index in [1.807, 2.05) is 81.4 Å². The van der Waals surface area contributed by atoms with Crippen molar-refractivity contribution in [2.75, 3.05) is 13.2 Å². The van der Waals surface area contributed by atoms with Gasteiger partial charge in [0.15, 0.2) is 0 Å². The molecular weight excluding hydrogens is 409 g/mol. The van der Waals surface area contributed by atoms with Crippen molar-refractivity contribution in [1.82, 2.24) is 0 Å². The van der Waals surface area contributed by atoms with E-state index in [0.29, 0.717) is 0 Å². The van der Waals surface area contributed by atoms with Gasteiger partial charge in [0.1, 0.15) is 0 Å². The summed E-state index contributed by atoms with van der Waals surface area (Å²) in [6.07, 6.45) is 0. The lowest BCUT2D eigenvalue weighted by molar-refractivity contribution is -0.0547. The fourth-order valence-electron chi connectivity index (χ4n) is 3.17. The van der Waals surface area contributed by atoms with Gasteiger partial charge in [-0.05, 0) is 15.4 Å². The van der Waals surface area contributed by atoms with E-state index in [0.717, 1.165) is 10.4 Å². The fraction of sp³-hybridized carbons (Fsp3) is 0.368. The van der Waals surface area contributed by atoms with Crippen molar-refractivity contribution in [2.24, 2.45) is 0 Å². The van der Waals surface area contributed by atoms with Crippen LogP contribution in [0.2, 0.25) is 5.04 Å². The average Bonchev–Trinajstić information content (AvgIpc) is 2.61. The minimum absolute atomic E-state index is 0.289. The first kappa shape index (κ1) is 22.6. The molecule has 28 heavy (non-hydrogen) atoms. The van der Waals surface area contributed by atoms with Crippen LogP contribution in [0.1, 0.15) is 20.8 Å². The van der Waals surface area contributed by atoms with Crippen molar-refractivity contribution in [3.05, 3.63) is 60.7 Å². The summed E-state index contributed by atoms with van der Waals surface area (Å²) in [7, 11) is -8.59. The lowest BCUT2D eigenvalue weighted by atomic mass is 10.2. The number of rotatable bonds is 7. The van der Waals surface area contributed by atoms with Gasteiger partial charge in [0.25, 0.3) is 8.32 Å². The van der Waals surface area contributed by atoms with Crippen molar-refractivity contribution in [1.29, 1.82) is 0 Å². The lowest BCUT2D eigenvalue weighted by Crippen LogP contribution is -2.66. The summed E-state index contributed by atoms with van der Waals surface area (Å²) in [4.78, 5) is 0. The Balaban J connectivity index is 2.37. The molecule has 0 bridgehead atoms. The second-order valence-corrected chi connectivity index (χ2v) is 13.1. The summed E-state index contributed by atoms with van der Waals surface area (Å²) in [5.41, 5.74) is -5.45. The Hall–Kier alpha value is -1.68. The van der Waals surface area contributed by atoms with E-state index in [9.17, 15) is 21.6 Å². The Kier molecular flexibility index (Phi) is 6.75. The van der Waals surface area contributed by atoms with Crippen LogP contribution in [0.25, 0.3) is 0 Å². The van der Waals surface area contributed by atoms with Gasteiger partial charge < -0.3 is 4.43 Å². The summed E-state index contributed by atoms with van der Waals surface area (Å²) < 4.78 is 70.0. The second-order valence-electron chi connectivity index (χ2n) is 7.23. The molecule has 0 heterocycles. The zero-order valence-electron chi connectivity index (χ0n) is 15.9. The van der Waals surface area contributed by atoms with Crippen molar-refractivity contribution >= 4 is 28.8 Å². The van der Waals surface area contributed by atoms with Crippen LogP contribution in [0.4, 0.5) is 13.2 Å². The number of halogens is 3. The Morgan fingerprint density at radius 3 is 1.61 bits per heavy atom. The van der Waals surface area contributed by atoms with Gasteiger partial charge in [0.2, 0.25) is 0 Å². The minimum Gasteiger partial charge on any atom is -0.405 e. The van der Waals surface area contributed by atoms with Crippen LogP contribution in [-0.2, 0) is 18.7 Å². The van der Waals surface area contributed by atoms with Crippen LogP contribution in [-0.4, -0.2) is 35.5 Å².